The second-order valence-electron chi connectivity index (χ2n) is 9.18. The number of carbonyl (C=O) groups is 2. The zero-order valence-corrected chi connectivity index (χ0v) is 20.0. The van der Waals surface area contributed by atoms with Gasteiger partial charge in [0.15, 0.2) is 5.76 Å². The molecule has 2 atom stereocenters. The summed E-state index contributed by atoms with van der Waals surface area (Å²) in [4.78, 5) is 30.9. The average molecular weight is 474 g/mol. The van der Waals surface area contributed by atoms with Gasteiger partial charge in [0, 0.05) is 19.5 Å². The van der Waals surface area contributed by atoms with Gasteiger partial charge >= 0.3 is 0 Å². The summed E-state index contributed by atoms with van der Waals surface area (Å²) in [5, 5.41) is 3.18. The number of methoxy groups -OCH3 is 1. The van der Waals surface area contributed by atoms with Crippen molar-refractivity contribution in [1.29, 1.82) is 0 Å². The molecular formula is C28H31N3O4. The first kappa shape index (κ1) is 23.2. The summed E-state index contributed by atoms with van der Waals surface area (Å²) in [5.74, 6) is 0.630. The van der Waals surface area contributed by atoms with Crippen LogP contribution in [0.2, 0.25) is 0 Å². The van der Waals surface area contributed by atoms with Gasteiger partial charge in [0.25, 0.3) is 5.91 Å². The highest BCUT2D eigenvalue weighted by molar-refractivity contribution is 5.96. The SMILES string of the molecule is COc1cccc(C(CNC(=O)C2Cc3ccccc3CN2C(=O)c2ccco2)N2CCCC2)c1. The molecule has 0 saturated carbocycles. The minimum Gasteiger partial charge on any atom is -0.497 e. The first-order chi connectivity index (χ1) is 17.1. The van der Waals surface area contributed by atoms with E-state index in [1.807, 2.05) is 42.5 Å². The van der Waals surface area contributed by atoms with Gasteiger partial charge < -0.3 is 19.4 Å². The number of hydrogen-bond donors (Lipinski definition) is 1. The average Bonchev–Trinajstić information content (AvgIpc) is 3.63. The first-order valence-corrected chi connectivity index (χ1v) is 12.2. The zero-order valence-electron chi connectivity index (χ0n) is 20.0. The number of amides is 2. The number of carbonyl (C=O) groups excluding carboxylic acids is 2. The number of rotatable bonds is 7. The van der Waals surface area contributed by atoms with Gasteiger partial charge in [0.05, 0.1) is 19.4 Å². The molecule has 3 heterocycles. The van der Waals surface area contributed by atoms with Gasteiger partial charge in [0.2, 0.25) is 5.91 Å². The summed E-state index contributed by atoms with van der Waals surface area (Å²) in [6.07, 6.45) is 4.26. The number of likely N-dealkylation sites (tertiary alicyclic amines) is 1. The standard InChI is InChI=1S/C28H31N3O4/c1-34-23-11-6-10-21(16-23)25(30-13-4-5-14-30)18-29-27(32)24-17-20-8-2-3-9-22(20)19-31(24)28(33)26-12-7-15-35-26/h2-3,6-12,15-16,24-25H,4-5,13-14,17-19H2,1H3,(H,29,32). The van der Waals surface area contributed by atoms with Crippen molar-refractivity contribution in [2.45, 2.75) is 37.9 Å². The topological polar surface area (TPSA) is 75.0 Å². The zero-order chi connectivity index (χ0) is 24.2. The molecule has 2 aliphatic heterocycles. The molecule has 0 bridgehead atoms. The highest BCUT2D eigenvalue weighted by atomic mass is 16.5. The van der Waals surface area contributed by atoms with Crippen LogP contribution in [0.1, 0.15) is 46.1 Å². The molecule has 2 unspecified atom stereocenters. The molecule has 2 aromatic carbocycles. The lowest BCUT2D eigenvalue weighted by molar-refractivity contribution is -0.126. The maximum Gasteiger partial charge on any atom is 0.290 e. The molecule has 2 amide bonds. The third kappa shape index (κ3) is 4.95. The monoisotopic (exact) mass is 473 g/mol. The fraction of sp³-hybridized carbons (Fsp3) is 0.357. The molecule has 0 spiro atoms. The minimum atomic E-state index is -0.605. The van der Waals surface area contributed by atoms with Gasteiger partial charge in [-0.25, -0.2) is 0 Å². The van der Waals surface area contributed by atoms with Crippen LogP contribution in [-0.2, 0) is 17.8 Å². The summed E-state index contributed by atoms with van der Waals surface area (Å²) in [6, 6.07) is 18.8. The smallest absolute Gasteiger partial charge is 0.290 e. The molecule has 2 aliphatic rings. The molecule has 3 aromatic rings. The molecule has 1 aromatic heterocycles. The van der Waals surface area contributed by atoms with Crippen LogP contribution < -0.4 is 10.1 Å². The predicted molar refractivity (Wildman–Crippen MR) is 132 cm³/mol. The molecule has 0 radical (unpaired) electrons. The van der Waals surface area contributed by atoms with Crippen LogP contribution in [0.15, 0.2) is 71.3 Å². The molecule has 7 nitrogen and oxygen atoms in total. The normalized spacial score (nSPS) is 18.7. The van der Waals surface area contributed by atoms with Crippen molar-refractivity contribution in [2.24, 2.45) is 0 Å². The second kappa shape index (κ2) is 10.4. The fourth-order valence-electron chi connectivity index (χ4n) is 5.19. The summed E-state index contributed by atoms with van der Waals surface area (Å²) in [5.41, 5.74) is 3.27. The Labute approximate surface area is 205 Å². The van der Waals surface area contributed by atoms with E-state index in [0.717, 1.165) is 48.4 Å². The Hall–Kier alpha value is -3.58. The Kier molecular flexibility index (Phi) is 6.86. The van der Waals surface area contributed by atoms with Crippen molar-refractivity contribution in [3.63, 3.8) is 0 Å². The van der Waals surface area contributed by atoms with Crippen molar-refractivity contribution in [3.8, 4) is 5.75 Å². The van der Waals surface area contributed by atoms with E-state index < -0.39 is 6.04 Å². The first-order valence-electron chi connectivity index (χ1n) is 12.2. The molecule has 5 rings (SSSR count). The Morgan fingerprint density at radius 1 is 1.06 bits per heavy atom. The summed E-state index contributed by atoms with van der Waals surface area (Å²) in [6.45, 7) is 2.83. The van der Waals surface area contributed by atoms with Crippen LogP contribution in [0.25, 0.3) is 0 Å². The van der Waals surface area contributed by atoms with Crippen molar-refractivity contribution >= 4 is 11.8 Å². The van der Waals surface area contributed by atoms with E-state index in [2.05, 4.69) is 16.3 Å². The van der Waals surface area contributed by atoms with E-state index in [1.54, 1.807) is 24.1 Å². The lowest BCUT2D eigenvalue weighted by Crippen LogP contribution is -2.53. The molecule has 0 aliphatic carbocycles. The Morgan fingerprint density at radius 3 is 2.60 bits per heavy atom. The van der Waals surface area contributed by atoms with Crippen molar-refractivity contribution in [2.75, 3.05) is 26.7 Å². The second-order valence-corrected chi connectivity index (χ2v) is 9.18. The summed E-state index contributed by atoms with van der Waals surface area (Å²) >= 11 is 0. The number of ether oxygens (including phenoxy) is 1. The highest BCUT2D eigenvalue weighted by Crippen LogP contribution is 2.28. The van der Waals surface area contributed by atoms with Crippen LogP contribution in [0.4, 0.5) is 0 Å². The quantitative estimate of drug-likeness (QED) is 0.565. The molecule has 182 valence electrons. The van der Waals surface area contributed by atoms with Crippen molar-refractivity contribution < 1.29 is 18.7 Å². The van der Waals surface area contributed by atoms with Gasteiger partial charge in [0.1, 0.15) is 11.8 Å². The molecule has 1 saturated heterocycles. The number of nitrogens with one attached hydrogen (secondary N) is 1. The number of fused-ring (bicyclic) bond motifs is 1. The van der Waals surface area contributed by atoms with Crippen LogP contribution in [0.5, 0.6) is 5.75 Å². The largest absolute Gasteiger partial charge is 0.497 e. The number of furan rings is 1. The minimum absolute atomic E-state index is 0.0432. The fourth-order valence-corrected chi connectivity index (χ4v) is 5.19. The maximum atomic E-state index is 13.6. The maximum absolute atomic E-state index is 13.6. The number of hydrogen-bond acceptors (Lipinski definition) is 5. The molecule has 1 N–H and O–H groups in total. The van der Waals surface area contributed by atoms with Crippen LogP contribution in [0.3, 0.4) is 0 Å². The lowest BCUT2D eigenvalue weighted by Gasteiger charge is -2.36. The van der Waals surface area contributed by atoms with E-state index in [9.17, 15) is 9.59 Å². The van der Waals surface area contributed by atoms with E-state index in [1.165, 1.54) is 6.26 Å². The number of nitrogens with zero attached hydrogens (tertiary/aromatic N) is 2. The van der Waals surface area contributed by atoms with Crippen LogP contribution >= 0.6 is 0 Å². The predicted octanol–water partition coefficient (Wildman–Crippen LogP) is 3.81. The molecule has 1 fully saturated rings. The third-order valence-electron chi connectivity index (χ3n) is 7.07. The summed E-state index contributed by atoms with van der Waals surface area (Å²) in [7, 11) is 1.66. The molecule has 7 heteroatoms. The van der Waals surface area contributed by atoms with Gasteiger partial charge in [-0.3, -0.25) is 14.5 Å². The van der Waals surface area contributed by atoms with Crippen molar-refractivity contribution in [1.82, 2.24) is 15.1 Å². The lowest BCUT2D eigenvalue weighted by atomic mass is 9.93. The third-order valence-corrected chi connectivity index (χ3v) is 7.07. The van der Waals surface area contributed by atoms with Gasteiger partial charge in [-0.05, 0) is 66.9 Å². The highest BCUT2D eigenvalue weighted by Gasteiger charge is 2.36. The Bertz CT molecular complexity index is 1170. The van der Waals surface area contributed by atoms with Crippen LogP contribution in [-0.4, -0.2) is 54.4 Å². The van der Waals surface area contributed by atoms with E-state index in [-0.39, 0.29) is 23.6 Å². The van der Waals surface area contributed by atoms with Gasteiger partial charge in [-0.15, -0.1) is 0 Å². The molecule has 35 heavy (non-hydrogen) atoms. The molecular weight excluding hydrogens is 442 g/mol. The number of benzene rings is 2. The Morgan fingerprint density at radius 2 is 1.86 bits per heavy atom. The van der Waals surface area contributed by atoms with Crippen molar-refractivity contribution in [3.05, 3.63) is 89.4 Å². The van der Waals surface area contributed by atoms with E-state index in [0.29, 0.717) is 19.5 Å². The van der Waals surface area contributed by atoms with E-state index in [4.69, 9.17) is 9.15 Å². The van der Waals surface area contributed by atoms with Gasteiger partial charge in [-0.2, -0.15) is 0 Å². The van der Waals surface area contributed by atoms with Crippen LogP contribution in [0, 0.1) is 0 Å². The Balaban J connectivity index is 1.37. The summed E-state index contributed by atoms with van der Waals surface area (Å²) < 4.78 is 10.8. The van der Waals surface area contributed by atoms with E-state index >= 15 is 0 Å². The van der Waals surface area contributed by atoms with Gasteiger partial charge in [-0.1, -0.05) is 36.4 Å².